The van der Waals surface area contributed by atoms with E-state index >= 15 is 4.79 Å². The summed E-state index contributed by atoms with van der Waals surface area (Å²) in [7, 11) is -0.939. The first kappa shape index (κ1) is 49.6. The number of hydrogen-bond donors (Lipinski definition) is 5. The average molecular weight is 986 g/mol. The van der Waals surface area contributed by atoms with Gasteiger partial charge in [-0.25, -0.2) is 33.0 Å². The number of carbonyl (C=O) groups is 4. The topological polar surface area (TPSA) is 234 Å². The number of rotatable bonds is 14. The van der Waals surface area contributed by atoms with E-state index < -0.39 is 69.5 Å². The number of amides is 4. The van der Waals surface area contributed by atoms with Crippen LogP contribution in [0.5, 0.6) is 11.5 Å². The summed E-state index contributed by atoms with van der Waals surface area (Å²) in [5.74, 6) is -1.68. The highest BCUT2D eigenvalue weighted by molar-refractivity contribution is 7.89. The largest absolute Gasteiger partial charge is 0.497 e. The Balaban J connectivity index is 1.08. The van der Waals surface area contributed by atoms with Gasteiger partial charge in [0, 0.05) is 67.1 Å². The molecule has 5 heterocycles. The second-order valence-corrected chi connectivity index (χ2v) is 21.8. The number of sulfonamides is 1. The molecule has 0 spiro atoms. The standard InChI is InChI=1S/C49H63N9O9S2/c1-30(2)51-48-55-40(29-68-48)38-25-42(35-21-20-33(66-4)23-37(35)52-38)67-34-24-41-44(59)56-49(46(61)62)26-32(49)17-11-6-5-7-12-18-36(45(60)58(41)27-34)53-47(63)54-39(31-15-9-8-10-16-31)28-57(3)69(64,65)43-19-13-14-22-50-43/h11,13-14,17,19-23,25,29-32,34,36,39,41H,5-10,12,15-16,18,24,26-28H2,1-4H3,(H,51,55)(H,56,59)(H,61,62)(H2,53,54,63)/b17-11-/t32?,34-,36+,39-,41+,49-/m1/s1. The molecule has 3 fully saturated rings. The lowest BCUT2D eigenvalue weighted by molar-refractivity contribution is -0.145. The SMILES string of the molecule is COc1ccc2c(O[C@@H]3C[C@H]4C(=O)N[C@]5(C(=O)O)CC5/C=C\CCCCC[C@H](NC(=O)N[C@H](CN(C)S(=O)(=O)c5ccccn5)C5CCCCC5)C(=O)N4C3)cc(-c3csc(NC(C)C)n3)nc2c1. The first-order valence-electron chi connectivity index (χ1n) is 24.0. The van der Waals surface area contributed by atoms with Crippen molar-refractivity contribution in [2.75, 3.05) is 32.6 Å². The number of carbonyl (C=O) groups excluding carboxylic acids is 3. The summed E-state index contributed by atoms with van der Waals surface area (Å²) in [5.41, 5.74) is 0.223. The van der Waals surface area contributed by atoms with Crippen LogP contribution in [0.3, 0.4) is 0 Å². The number of hydrogen-bond acceptors (Lipinski definition) is 13. The van der Waals surface area contributed by atoms with Gasteiger partial charge in [0.1, 0.15) is 40.9 Å². The summed E-state index contributed by atoms with van der Waals surface area (Å²) >= 11 is 1.45. The van der Waals surface area contributed by atoms with E-state index in [1.54, 1.807) is 37.4 Å². The Kier molecular flexibility index (Phi) is 15.4. The number of pyridine rings is 2. The number of fused-ring (bicyclic) bond motifs is 3. The van der Waals surface area contributed by atoms with Crippen LogP contribution in [0, 0.1) is 11.8 Å². The van der Waals surface area contributed by atoms with Gasteiger partial charge in [0.2, 0.25) is 11.8 Å². The molecule has 1 saturated heterocycles. The lowest BCUT2D eigenvalue weighted by atomic mass is 9.84. The molecular weight excluding hydrogens is 923 g/mol. The van der Waals surface area contributed by atoms with E-state index in [0.29, 0.717) is 46.6 Å². The Hall–Kier alpha value is -5.86. The van der Waals surface area contributed by atoms with Gasteiger partial charge >= 0.3 is 12.0 Å². The lowest BCUT2D eigenvalue weighted by Gasteiger charge is -2.34. The first-order chi connectivity index (χ1) is 33.1. The maximum atomic E-state index is 15.1. The molecule has 6 atom stereocenters. The van der Waals surface area contributed by atoms with E-state index in [-0.39, 0.29) is 49.3 Å². The molecule has 1 unspecified atom stereocenters. The summed E-state index contributed by atoms with van der Waals surface area (Å²) in [6, 6.07) is 8.62. The fourth-order valence-corrected chi connectivity index (χ4v) is 11.8. The molecule has 4 aliphatic rings. The van der Waals surface area contributed by atoms with Crippen LogP contribution in [0.2, 0.25) is 0 Å². The maximum absolute atomic E-state index is 15.1. The zero-order valence-corrected chi connectivity index (χ0v) is 41.2. The third kappa shape index (κ3) is 11.4. The van der Waals surface area contributed by atoms with Crippen LogP contribution in [0.4, 0.5) is 9.93 Å². The molecule has 5 N–H and O–H groups in total. The van der Waals surface area contributed by atoms with Crippen molar-refractivity contribution in [3.05, 3.63) is 66.2 Å². The number of methoxy groups -OCH3 is 1. The van der Waals surface area contributed by atoms with Gasteiger partial charge in [0.25, 0.3) is 10.0 Å². The van der Waals surface area contributed by atoms with Gasteiger partial charge in [-0.3, -0.25) is 9.59 Å². The van der Waals surface area contributed by atoms with Crippen LogP contribution in [0.25, 0.3) is 22.3 Å². The molecule has 4 aromatic rings. The number of likely N-dealkylation sites (N-methyl/N-ethyl adjacent to an activating group) is 1. The third-order valence-corrected chi connectivity index (χ3v) is 16.2. The number of nitrogens with one attached hydrogen (secondary N) is 4. The normalized spacial score (nSPS) is 24.6. The van der Waals surface area contributed by atoms with Crippen molar-refractivity contribution in [1.29, 1.82) is 0 Å². The predicted molar refractivity (Wildman–Crippen MR) is 261 cm³/mol. The van der Waals surface area contributed by atoms with Gasteiger partial charge in [-0.1, -0.05) is 50.3 Å². The van der Waals surface area contributed by atoms with E-state index in [2.05, 4.69) is 26.3 Å². The summed E-state index contributed by atoms with van der Waals surface area (Å²) in [6.45, 7) is 3.99. The fraction of sp³-hybridized carbons (Fsp3) is 0.531. The summed E-state index contributed by atoms with van der Waals surface area (Å²) in [5, 5.41) is 25.8. The Bertz CT molecular complexity index is 2640. The highest BCUT2D eigenvalue weighted by Crippen LogP contribution is 2.46. The van der Waals surface area contributed by atoms with Crippen LogP contribution in [0.1, 0.15) is 90.9 Å². The van der Waals surface area contributed by atoms with Gasteiger partial charge in [-0.05, 0) is 82.6 Å². The minimum Gasteiger partial charge on any atom is -0.497 e. The molecule has 0 radical (unpaired) electrons. The summed E-state index contributed by atoms with van der Waals surface area (Å²) < 4.78 is 40.7. The Morgan fingerprint density at radius 3 is 2.55 bits per heavy atom. The van der Waals surface area contributed by atoms with Crippen molar-refractivity contribution in [3.8, 4) is 22.9 Å². The molecule has 3 aromatic heterocycles. The van der Waals surface area contributed by atoms with Crippen LogP contribution in [0.15, 0.2) is 71.2 Å². The number of benzene rings is 1. The Morgan fingerprint density at radius 2 is 1.81 bits per heavy atom. The lowest BCUT2D eigenvalue weighted by Crippen LogP contribution is -2.58. The van der Waals surface area contributed by atoms with E-state index in [0.717, 1.165) is 50.1 Å². The highest BCUT2D eigenvalue weighted by atomic mass is 32.2. The monoisotopic (exact) mass is 985 g/mol. The van der Waals surface area contributed by atoms with E-state index in [4.69, 9.17) is 19.4 Å². The van der Waals surface area contributed by atoms with Gasteiger partial charge in [0.05, 0.1) is 24.9 Å². The number of urea groups is 1. The van der Waals surface area contributed by atoms with Crippen LogP contribution < -0.4 is 30.7 Å². The molecule has 4 amide bonds. The number of aromatic nitrogens is 3. The minimum atomic E-state index is -3.98. The van der Waals surface area contributed by atoms with Crippen LogP contribution in [-0.2, 0) is 24.4 Å². The van der Waals surface area contributed by atoms with Gasteiger partial charge in [0.15, 0.2) is 10.2 Å². The first-order valence-corrected chi connectivity index (χ1v) is 26.3. The molecule has 370 valence electrons. The number of ether oxygens (including phenoxy) is 2. The maximum Gasteiger partial charge on any atom is 0.330 e. The molecule has 18 nitrogen and oxygen atoms in total. The second kappa shape index (κ2) is 21.4. The Labute approximate surface area is 407 Å². The molecule has 0 bridgehead atoms. The molecule has 8 rings (SSSR count). The molecular formula is C49H63N9O9S2. The number of aliphatic carboxylic acids is 1. The smallest absolute Gasteiger partial charge is 0.330 e. The van der Waals surface area contributed by atoms with E-state index in [1.807, 2.05) is 37.4 Å². The second-order valence-electron chi connectivity index (χ2n) is 19.0. The van der Waals surface area contributed by atoms with Crippen LogP contribution in [-0.4, -0.2) is 125 Å². The van der Waals surface area contributed by atoms with Crippen molar-refractivity contribution < 1.29 is 42.2 Å². The van der Waals surface area contributed by atoms with Crippen molar-refractivity contribution in [3.63, 3.8) is 0 Å². The highest BCUT2D eigenvalue weighted by Gasteiger charge is 2.61. The fourth-order valence-electron chi connectivity index (χ4n) is 9.81. The van der Waals surface area contributed by atoms with E-state index in [9.17, 15) is 27.9 Å². The number of thiazole rings is 1. The number of nitrogens with zero attached hydrogens (tertiary/aromatic N) is 5. The number of carboxylic acids is 1. The summed E-state index contributed by atoms with van der Waals surface area (Å²) in [4.78, 5) is 71.8. The zero-order chi connectivity index (χ0) is 48.9. The van der Waals surface area contributed by atoms with Crippen molar-refractivity contribution in [2.45, 2.75) is 132 Å². The van der Waals surface area contributed by atoms with Crippen molar-refractivity contribution in [2.24, 2.45) is 11.8 Å². The molecule has 20 heteroatoms. The summed E-state index contributed by atoms with van der Waals surface area (Å²) in [6.07, 6.45) is 12.3. The average Bonchev–Trinajstić information content (AvgIpc) is 3.59. The number of allylic oxidation sites excluding steroid dienone is 1. The van der Waals surface area contributed by atoms with Gasteiger partial charge < -0.3 is 40.7 Å². The van der Waals surface area contributed by atoms with Crippen molar-refractivity contribution >= 4 is 61.2 Å². The van der Waals surface area contributed by atoms with E-state index in [1.165, 1.54) is 39.9 Å². The molecule has 2 aliphatic heterocycles. The zero-order valence-electron chi connectivity index (χ0n) is 39.6. The number of anilines is 1. The quantitative estimate of drug-likeness (QED) is 0.0869. The molecule has 2 saturated carbocycles. The van der Waals surface area contributed by atoms with Gasteiger partial charge in [-0.15, -0.1) is 11.3 Å². The Morgan fingerprint density at radius 1 is 1.03 bits per heavy atom. The molecule has 69 heavy (non-hydrogen) atoms. The van der Waals surface area contributed by atoms with Crippen LogP contribution >= 0.6 is 11.3 Å². The molecule has 1 aromatic carbocycles. The van der Waals surface area contributed by atoms with Gasteiger partial charge in [-0.2, -0.15) is 4.31 Å². The predicted octanol–water partition coefficient (Wildman–Crippen LogP) is 6.35. The minimum absolute atomic E-state index is 0.0138. The number of carboxylic acid groups (broad SMARTS) is 1. The third-order valence-electron chi connectivity index (χ3n) is 13.7. The van der Waals surface area contributed by atoms with Crippen molar-refractivity contribution in [1.82, 2.24) is 40.1 Å². The molecule has 2 aliphatic carbocycles.